The monoisotopic (exact) mass is 529 g/mol. The first-order valence-corrected chi connectivity index (χ1v) is 13.4. The van der Waals surface area contributed by atoms with Crippen LogP contribution >= 0.6 is 35.0 Å². The second-order valence-electron chi connectivity index (χ2n) is 10.0. The third-order valence-electron chi connectivity index (χ3n) is 7.32. The Bertz CT molecular complexity index is 1210. The van der Waals surface area contributed by atoms with E-state index in [0.29, 0.717) is 22.9 Å². The molecule has 2 aromatic carbocycles. The number of hydrogen-bond donors (Lipinski definition) is 1. The van der Waals surface area contributed by atoms with E-state index in [0.717, 1.165) is 26.9 Å². The molecule has 0 bridgehead atoms. The van der Waals surface area contributed by atoms with Gasteiger partial charge in [-0.3, -0.25) is 4.79 Å². The van der Waals surface area contributed by atoms with Gasteiger partial charge < -0.3 is 14.9 Å². The molecule has 2 aliphatic heterocycles. The molecule has 0 unspecified atom stereocenters. The van der Waals surface area contributed by atoms with Crippen molar-refractivity contribution < 1.29 is 9.90 Å². The van der Waals surface area contributed by atoms with Crippen molar-refractivity contribution in [3.63, 3.8) is 0 Å². The van der Waals surface area contributed by atoms with Crippen LogP contribution in [-0.2, 0) is 10.3 Å². The molecule has 184 valence electrons. The molecule has 2 heterocycles. The highest BCUT2D eigenvalue weighted by atomic mass is 35.5. The zero-order valence-corrected chi connectivity index (χ0v) is 22.5. The highest BCUT2D eigenvalue weighted by Gasteiger charge is 2.53. The molecular formula is C27H29Cl2N3O2S. The summed E-state index contributed by atoms with van der Waals surface area (Å²) in [6, 6.07) is 15.7. The van der Waals surface area contributed by atoms with Crippen LogP contribution in [0.3, 0.4) is 0 Å². The molecule has 1 amide bonds. The molecular weight excluding hydrogens is 501 g/mol. The summed E-state index contributed by atoms with van der Waals surface area (Å²) in [5.41, 5.74) is 2.54. The lowest BCUT2D eigenvalue weighted by atomic mass is 9.81. The third kappa shape index (κ3) is 4.18. The van der Waals surface area contributed by atoms with Gasteiger partial charge in [0.2, 0.25) is 0 Å². The number of aliphatic hydroxyl groups excluding tert-OH is 1. The summed E-state index contributed by atoms with van der Waals surface area (Å²) in [4.78, 5) is 23.7. The van der Waals surface area contributed by atoms with Crippen molar-refractivity contribution in [3.8, 4) is 0 Å². The van der Waals surface area contributed by atoms with Crippen molar-refractivity contribution in [2.75, 3.05) is 7.05 Å². The number of carbonyl (C=O) groups is 1. The van der Waals surface area contributed by atoms with Crippen LogP contribution in [0.1, 0.15) is 50.8 Å². The van der Waals surface area contributed by atoms with E-state index >= 15 is 0 Å². The molecule has 0 aromatic heterocycles. The molecule has 2 atom stereocenters. The average molecular weight is 531 g/mol. The van der Waals surface area contributed by atoms with Crippen molar-refractivity contribution in [1.29, 1.82) is 0 Å². The number of amidine groups is 1. The number of aliphatic hydroxyl groups is 1. The van der Waals surface area contributed by atoms with Crippen molar-refractivity contribution in [3.05, 3.63) is 80.3 Å². The number of aliphatic imine (C=N–C) groups is 1. The summed E-state index contributed by atoms with van der Waals surface area (Å²) in [7, 11) is 1.84. The minimum Gasteiger partial charge on any atom is -0.393 e. The molecule has 1 saturated carbocycles. The molecule has 3 aliphatic rings. The fraction of sp³-hybridized carbons (Fsp3) is 0.407. The number of fused-ring (bicyclic) bond motifs is 1. The van der Waals surface area contributed by atoms with Gasteiger partial charge in [-0.15, -0.1) is 0 Å². The number of benzene rings is 2. The lowest BCUT2D eigenvalue weighted by molar-refractivity contribution is -0.131. The zero-order valence-electron chi connectivity index (χ0n) is 20.2. The van der Waals surface area contributed by atoms with Gasteiger partial charge in [0, 0.05) is 28.8 Å². The van der Waals surface area contributed by atoms with E-state index in [1.807, 2.05) is 55.6 Å². The quantitative estimate of drug-likeness (QED) is 0.499. The number of carbonyl (C=O) groups excluding carboxylic acids is 1. The van der Waals surface area contributed by atoms with Crippen LogP contribution in [0.2, 0.25) is 10.0 Å². The number of thioether (sulfide) groups is 1. The first-order valence-electron chi connectivity index (χ1n) is 11.9. The van der Waals surface area contributed by atoms with Gasteiger partial charge in [-0.25, -0.2) is 4.99 Å². The Balaban J connectivity index is 1.60. The molecule has 8 heteroatoms. The van der Waals surface area contributed by atoms with Gasteiger partial charge in [0.25, 0.3) is 5.91 Å². The van der Waals surface area contributed by atoms with Gasteiger partial charge in [0.1, 0.15) is 10.4 Å². The zero-order chi connectivity index (χ0) is 25.1. The minimum atomic E-state index is -0.584. The summed E-state index contributed by atoms with van der Waals surface area (Å²) in [5, 5.41) is 11.9. The number of rotatable bonds is 5. The number of allylic oxidation sites excluding steroid dienone is 1. The van der Waals surface area contributed by atoms with E-state index in [1.165, 1.54) is 11.8 Å². The predicted octanol–water partition coefficient (Wildman–Crippen LogP) is 6.22. The van der Waals surface area contributed by atoms with Crippen LogP contribution in [0, 0.1) is 5.92 Å². The van der Waals surface area contributed by atoms with Crippen molar-refractivity contribution >= 4 is 46.0 Å². The van der Waals surface area contributed by atoms with Crippen LogP contribution in [0.4, 0.5) is 0 Å². The number of halogens is 2. The molecule has 5 nitrogen and oxygen atoms in total. The Morgan fingerprint density at radius 1 is 1.11 bits per heavy atom. The molecule has 1 aliphatic carbocycles. The van der Waals surface area contributed by atoms with Crippen molar-refractivity contribution in [1.82, 2.24) is 9.80 Å². The maximum atomic E-state index is 13.6. The van der Waals surface area contributed by atoms with Crippen molar-refractivity contribution in [2.24, 2.45) is 10.9 Å². The van der Waals surface area contributed by atoms with Gasteiger partial charge in [0.05, 0.1) is 12.1 Å². The van der Waals surface area contributed by atoms with Gasteiger partial charge in [-0.2, -0.15) is 0 Å². The van der Waals surface area contributed by atoms with Gasteiger partial charge in [-0.1, -0.05) is 61.3 Å². The molecule has 1 fully saturated rings. The molecule has 1 N–H and O–H groups in total. The van der Waals surface area contributed by atoms with E-state index in [1.54, 1.807) is 4.90 Å². The summed E-state index contributed by atoms with van der Waals surface area (Å²) < 4.78 is 0. The Kier molecular flexibility index (Phi) is 6.45. The fourth-order valence-electron chi connectivity index (χ4n) is 5.27. The lowest BCUT2D eigenvalue weighted by Gasteiger charge is -2.39. The maximum Gasteiger partial charge on any atom is 0.262 e. The molecule has 0 spiro atoms. The van der Waals surface area contributed by atoms with Crippen LogP contribution in [0.25, 0.3) is 0 Å². The maximum absolute atomic E-state index is 13.6. The van der Waals surface area contributed by atoms with Gasteiger partial charge in [-0.05, 0) is 72.8 Å². The minimum absolute atomic E-state index is 0.00393. The molecule has 2 aromatic rings. The summed E-state index contributed by atoms with van der Waals surface area (Å²) in [6.07, 6.45) is 0.945. The average Bonchev–Trinajstić information content (AvgIpc) is 3.29. The molecule has 0 saturated heterocycles. The highest BCUT2D eigenvalue weighted by Crippen LogP contribution is 2.56. The molecule has 5 rings (SSSR count). The van der Waals surface area contributed by atoms with E-state index in [2.05, 4.69) is 25.7 Å². The van der Waals surface area contributed by atoms with E-state index in [-0.39, 0.29) is 30.0 Å². The van der Waals surface area contributed by atoms with Crippen LogP contribution in [-0.4, -0.2) is 45.2 Å². The van der Waals surface area contributed by atoms with Crippen molar-refractivity contribution in [2.45, 2.75) is 57.3 Å². The molecule has 0 radical (unpaired) electrons. The van der Waals surface area contributed by atoms with Gasteiger partial charge in [0.15, 0.2) is 5.17 Å². The van der Waals surface area contributed by atoms with Crippen LogP contribution in [0.15, 0.2) is 64.1 Å². The Hall–Kier alpha value is -1.99. The van der Waals surface area contributed by atoms with E-state index in [4.69, 9.17) is 28.2 Å². The van der Waals surface area contributed by atoms with Crippen LogP contribution in [0.5, 0.6) is 0 Å². The Morgan fingerprint density at radius 2 is 1.69 bits per heavy atom. The Morgan fingerprint density at radius 3 is 2.23 bits per heavy atom. The van der Waals surface area contributed by atoms with E-state index < -0.39 is 5.54 Å². The van der Waals surface area contributed by atoms with Gasteiger partial charge >= 0.3 is 0 Å². The summed E-state index contributed by atoms with van der Waals surface area (Å²) in [5.74, 6) is 0.104. The first-order chi connectivity index (χ1) is 16.6. The number of hydrogen-bond acceptors (Lipinski definition) is 5. The summed E-state index contributed by atoms with van der Waals surface area (Å²) in [6.45, 7) is 6.38. The lowest BCUT2D eigenvalue weighted by Crippen LogP contribution is -2.48. The second kappa shape index (κ2) is 9.15. The van der Waals surface area contributed by atoms with E-state index in [9.17, 15) is 9.90 Å². The predicted molar refractivity (Wildman–Crippen MR) is 144 cm³/mol. The number of amides is 1. The topological polar surface area (TPSA) is 56.1 Å². The molecule has 35 heavy (non-hydrogen) atoms. The fourth-order valence-corrected chi connectivity index (χ4v) is 6.91. The smallest absolute Gasteiger partial charge is 0.262 e. The number of likely N-dealkylation sites (N-methyl/N-ethyl adjacent to an activating group) is 1. The SMILES string of the molecule is CC(C)C1=C(C(=O)N(C)C2CC(O)C2)SC2=N[C@@](C)(c3ccc(Cl)cc3)[C@@H](c3ccc(Cl)cc3)N21. The Labute approximate surface area is 220 Å². The first kappa shape index (κ1) is 24.7. The normalized spacial score (nSPS) is 27.7. The third-order valence-corrected chi connectivity index (χ3v) is 8.88. The number of nitrogens with zero attached hydrogens (tertiary/aromatic N) is 3. The standard InChI is InChI=1S/C27H29Cl2N3O2S/c1-15(2)22-23(25(34)31(4)20-13-21(33)14-20)35-26-30-27(3,17-7-11-19(29)12-8-17)24(32(22)26)16-5-9-18(28)10-6-16/h5-12,15,20-21,24,33H,13-14H2,1-4H3/t20?,21?,24-,27+/m1/s1. The van der Waals surface area contributed by atoms with Crippen LogP contribution < -0.4 is 0 Å². The second-order valence-corrected chi connectivity index (χ2v) is 11.9. The highest BCUT2D eigenvalue weighted by molar-refractivity contribution is 8.18. The summed E-state index contributed by atoms with van der Waals surface area (Å²) >= 11 is 13.9. The largest absolute Gasteiger partial charge is 0.393 e.